The van der Waals surface area contributed by atoms with Crippen molar-refractivity contribution < 1.29 is 24.6 Å². The molecule has 0 unspecified atom stereocenters. The predicted molar refractivity (Wildman–Crippen MR) is 63.5 cm³/mol. The van der Waals surface area contributed by atoms with Gasteiger partial charge in [-0.05, 0) is 5.56 Å². The third kappa shape index (κ3) is 4.76. The monoisotopic (exact) mass is 265 g/mol. The first-order valence-electron chi connectivity index (χ1n) is 5.46. The van der Waals surface area contributed by atoms with E-state index in [1.165, 1.54) is 0 Å². The maximum absolute atomic E-state index is 11.8. The van der Waals surface area contributed by atoms with Crippen LogP contribution in [-0.2, 0) is 19.5 Å². The van der Waals surface area contributed by atoms with Crippen LogP contribution in [0.1, 0.15) is 11.6 Å². The number of aliphatic carboxylic acids is 1. The summed E-state index contributed by atoms with van der Waals surface area (Å²) >= 11 is 0. The third-order valence-corrected chi connectivity index (χ3v) is 2.25. The lowest BCUT2D eigenvalue weighted by atomic mass is 10.1. The second kappa shape index (κ2) is 7.12. The summed E-state index contributed by atoms with van der Waals surface area (Å²) in [6, 6.07) is 7.16. The zero-order valence-electron chi connectivity index (χ0n) is 9.96. The molecule has 0 aliphatic heterocycles. The van der Waals surface area contributed by atoms with Crippen molar-refractivity contribution in [3.63, 3.8) is 0 Å². The number of carbonyl (C=O) groups excluding carboxylic acids is 2. The van der Waals surface area contributed by atoms with Crippen LogP contribution in [0.2, 0.25) is 0 Å². The van der Waals surface area contributed by atoms with Gasteiger partial charge in [0.05, 0.1) is 0 Å². The molecule has 0 aliphatic carbocycles. The van der Waals surface area contributed by atoms with E-state index < -0.39 is 37.0 Å². The third-order valence-electron chi connectivity index (χ3n) is 2.25. The van der Waals surface area contributed by atoms with E-state index in [2.05, 4.69) is 10.6 Å². The SMILES string of the molecule is [O]CC(=O)N[C@@H](C(=O)NCC(=O)O)c1ccccc1. The lowest BCUT2D eigenvalue weighted by Crippen LogP contribution is -2.42. The van der Waals surface area contributed by atoms with Gasteiger partial charge < -0.3 is 15.7 Å². The molecule has 1 aromatic rings. The molecule has 19 heavy (non-hydrogen) atoms. The molecule has 7 heteroatoms. The molecule has 0 saturated heterocycles. The highest BCUT2D eigenvalue weighted by Gasteiger charge is 2.22. The summed E-state index contributed by atoms with van der Waals surface area (Å²) in [7, 11) is 0. The molecule has 7 nitrogen and oxygen atoms in total. The van der Waals surface area contributed by atoms with E-state index in [9.17, 15) is 19.5 Å². The normalized spacial score (nSPS) is 11.4. The molecular weight excluding hydrogens is 252 g/mol. The van der Waals surface area contributed by atoms with E-state index in [0.29, 0.717) is 5.56 Å². The van der Waals surface area contributed by atoms with Crippen molar-refractivity contribution in [2.45, 2.75) is 6.04 Å². The van der Waals surface area contributed by atoms with Crippen molar-refractivity contribution in [3.8, 4) is 0 Å². The Morgan fingerprint density at radius 3 is 2.32 bits per heavy atom. The number of benzene rings is 1. The van der Waals surface area contributed by atoms with Gasteiger partial charge >= 0.3 is 5.97 Å². The van der Waals surface area contributed by atoms with Crippen LogP contribution in [0.5, 0.6) is 0 Å². The topological polar surface area (TPSA) is 115 Å². The molecule has 0 aromatic heterocycles. The summed E-state index contributed by atoms with van der Waals surface area (Å²) in [5.74, 6) is -2.72. The number of amides is 2. The van der Waals surface area contributed by atoms with Gasteiger partial charge in [-0.25, -0.2) is 5.11 Å². The molecule has 0 saturated carbocycles. The van der Waals surface area contributed by atoms with Gasteiger partial charge in [0.2, 0.25) is 11.8 Å². The predicted octanol–water partition coefficient (Wildman–Crippen LogP) is -0.525. The Hall–Kier alpha value is -2.41. The fourth-order valence-corrected chi connectivity index (χ4v) is 1.41. The first-order valence-corrected chi connectivity index (χ1v) is 5.46. The number of hydrogen-bond donors (Lipinski definition) is 3. The molecule has 0 heterocycles. The minimum atomic E-state index is -1.20. The smallest absolute Gasteiger partial charge is 0.322 e. The van der Waals surface area contributed by atoms with Gasteiger partial charge in [-0.15, -0.1) is 0 Å². The van der Waals surface area contributed by atoms with Gasteiger partial charge in [-0.3, -0.25) is 14.4 Å². The summed E-state index contributed by atoms with van der Waals surface area (Å²) in [5, 5.41) is 23.3. The molecule has 1 rings (SSSR count). The highest BCUT2D eigenvalue weighted by Crippen LogP contribution is 2.12. The van der Waals surface area contributed by atoms with E-state index in [-0.39, 0.29) is 0 Å². The van der Waals surface area contributed by atoms with E-state index in [0.717, 1.165) is 0 Å². The number of carboxylic acids is 1. The lowest BCUT2D eigenvalue weighted by molar-refractivity contribution is -0.138. The summed E-state index contributed by atoms with van der Waals surface area (Å²) in [4.78, 5) is 33.3. The highest BCUT2D eigenvalue weighted by molar-refractivity contribution is 5.90. The number of rotatable bonds is 6. The largest absolute Gasteiger partial charge is 0.480 e. The van der Waals surface area contributed by atoms with Gasteiger partial charge in [0.25, 0.3) is 0 Å². The van der Waals surface area contributed by atoms with Crippen LogP contribution in [0.3, 0.4) is 0 Å². The molecule has 1 radical (unpaired) electrons. The zero-order valence-corrected chi connectivity index (χ0v) is 9.96. The maximum Gasteiger partial charge on any atom is 0.322 e. The number of hydrogen-bond acceptors (Lipinski definition) is 3. The minimum absolute atomic E-state index is 0.465. The van der Waals surface area contributed by atoms with Crippen LogP contribution >= 0.6 is 0 Å². The highest BCUT2D eigenvalue weighted by atomic mass is 16.4. The Morgan fingerprint density at radius 2 is 1.79 bits per heavy atom. The van der Waals surface area contributed by atoms with Crippen LogP contribution in [0.15, 0.2) is 30.3 Å². The average Bonchev–Trinajstić information content (AvgIpc) is 2.42. The maximum atomic E-state index is 11.8. The van der Waals surface area contributed by atoms with Crippen molar-refractivity contribution in [2.24, 2.45) is 0 Å². The van der Waals surface area contributed by atoms with E-state index >= 15 is 0 Å². The summed E-state index contributed by atoms with van der Waals surface area (Å²) in [6.45, 7) is -1.56. The average molecular weight is 265 g/mol. The Morgan fingerprint density at radius 1 is 1.16 bits per heavy atom. The van der Waals surface area contributed by atoms with Crippen LogP contribution in [0.4, 0.5) is 0 Å². The quantitative estimate of drug-likeness (QED) is 0.641. The Bertz CT molecular complexity index is 460. The molecule has 0 aliphatic rings. The number of nitrogens with one attached hydrogen (secondary N) is 2. The lowest BCUT2D eigenvalue weighted by Gasteiger charge is -2.17. The van der Waals surface area contributed by atoms with E-state index in [1.54, 1.807) is 30.3 Å². The van der Waals surface area contributed by atoms with Crippen molar-refractivity contribution >= 4 is 17.8 Å². The van der Waals surface area contributed by atoms with Crippen LogP contribution in [-0.4, -0.2) is 36.0 Å². The molecule has 101 valence electrons. The van der Waals surface area contributed by atoms with E-state index in [4.69, 9.17) is 5.11 Å². The molecule has 0 bridgehead atoms. The van der Waals surface area contributed by atoms with Crippen LogP contribution in [0, 0.1) is 0 Å². The number of carboxylic acid groups (broad SMARTS) is 1. The Kier molecular flexibility index (Phi) is 5.49. The minimum Gasteiger partial charge on any atom is -0.480 e. The first-order chi connectivity index (χ1) is 9.04. The molecule has 3 N–H and O–H groups in total. The van der Waals surface area contributed by atoms with Gasteiger partial charge in [-0.1, -0.05) is 30.3 Å². The molecule has 0 fully saturated rings. The first kappa shape index (κ1) is 14.7. The molecular formula is C12H13N2O5. The summed E-state index contributed by atoms with van der Waals surface area (Å²) < 4.78 is 0. The van der Waals surface area contributed by atoms with Crippen molar-refractivity contribution in [1.82, 2.24) is 10.6 Å². The second-order valence-electron chi connectivity index (χ2n) is 3.67. The van der Waals surface area contributed by atoms with Crippen molar-refractivity contribution in [1.29, 1.82) is 0 Å². The molecule has 2 amide bonds. The molecule has 0 spiro atoms. The second-order valence-corrected chi connectivity index (χ2v) is 3.67. The Balaban J connectivity index is 2.83. The fraction of sp³-hybridized carbons (Fsp3) is 0.250. The van der Waals surface area contributed by atoms with Gasteiger partial charge in [0.15, 0.2) is 6.61 Å². The molecule has 1 aromatic carbocycles. The van der Waals surface area contributed by atoms with Gasteiger partial charge in [0.1, 0.15) is 12.6 Å². The summed E-state index contributed by atoms with van der Waals surface area (Å²) in [6.07, 6.45) is 0. The van der Waals surface area contributed by atoms with Crippen LogP contribution in [0.25, 0.3) is 0 Å². The standard InChI is InChI=1S/C12H13N2O5/c15-7-9(16)14-11(8-4-2-1-3-5-8)12(19)13-6-10(17)18/h1-5,11H,6-7H2,(H,13,19)(H,14,16)(H,17,18)/t11-/m1/s1. The summed E-state index contributed by atoms with van der Waals surface area (Å²) in [5.41, 5.74) is 0.465. The Labute approximate surface area is 109 Å². The van der Waals surface area contributed by atoms with Crippen molar-refractivity contribution in [2.75, 3.05) is 13.2 Å². The van der Waals surface area contributed by atoms with E-state index in [1.807, 2.05) is 0 Å². The van der Waals surface area contributed by atoms with Crippen LogP contribution < -0.4 is 10.6 Å². The molecule has 1 atom stereocenters. The number of carbonyl (C=O) groups is 3. The van der Waals surface area contributed by atoms with Gasteiger partial charge in [0, 0.05) is 0 Å². The fourth-order valence-electron chi connectivity index (χ4n) is 1.41. The van der Waals surface area contributed by atoms with Gasteiger partial charge in [-0.2, -0.15) is 0 Å². The van der Waals surface area contributed by atoms with Crippen molar-refractivity contribution in [3.05, 3.63) is 35.9 Å². The zero-order chi connectivity index (χ0) is 14.3.